The van der Waals surface area contributed by atoms with E-state index in [9.17, 15) is 0 Å². The zero-order valence-corrected chi connectivity index (χ0v) is 16.6. The SMILES string of the molecule is COc1cc(CNCCN(C)C)ccc1OCc1nc(C)no1.Cl.Cl. The lowest BCUT2D eigenvalue weighted by Gasteiger charge is -2.13. The molecule has 0 saturated carbocycles. The summed E-state index contributed by atoms with van der Waals surface area (Å²) in [5.41, 5.74) is 1.14. The molecule has 0 spiro atoms. The number of halogens is 2. The maximum absolute atomic E-state index is 5.69. The third kappa shape index (κ3) is 7.92. The Kier molecular flexibility index (Phi) is 11.2. The van der Waals surface area contributed by atoms with Crippen molar-refractivity contribution >= 4 is 24.8 Å². The van der Waals surface area contributed by atoms with Crippen LogP contribution in [-0.2, 0) is 13.2 Å². The number of nitrogens with zero attached hydrogens (tertiary/aromatic N) is 3. The minimum atomic E-state index is 0. The summed E-state index contributed by atoms with van der Waals surface area (Å²) >= 11 is 0. The van der Waals surface area contributed by atoms with E-state index in [-0.39, 0.29) is 31.4 Å². The van der Waals surface area contributed by atoms with Crippen LogP contribution in [0.1, 0.15) is 17.3 Å². The second-order valence-electron chi connectivity index (χ2n) is 5.49. The molecule has 1 N–H and O–H groups in total. The lowest BCUT2D eigenvalue weighted by Crippen LogP contribution is -2.26. The molecule has 0 radical (unpaired) electrons. The number of benzene rings is 1. The van der Waals surface area contributed by atoms with Crippen molar-refractivity contribution in [3.8, 4) is 11.5 Å². The van der Waals surface area contributed by atoms with Crippen LogP contribution in [0, 0.1) is 6.92 Å². The predicted molar refractivity (Wildman–Crippen MR) is 101 cm³/mol. The molecule has 9 heteroatoms. The van der Waals surface area contributed by atoms with E-state index in [0.717, 1.165) is 25.2 Å². The number of hydrogen-bond acceptors (Lipinski definition) is 7. The first-order chi connectivity index (χ1) is 11.1. The largest absolute Gasteiger partial charge is 0.493 e. The van der Waals surface area contributed by atoms with Gasteiger partial charge in [-0.3, -0.25) is 0 Å². The molecule has 0 saturated heterocycles. The average Bonchev–Trinajstić information content (AvgIpc) is 2.95. The van der Waals surface area contributed by atoms with E-state index in [0.29, 0.717) is 23.2 Å². The molecular weight excluding hydrogens is 367 g/mol. The van der Waals surface area contributed by atoms with Gasteiger partial charge in [0.2, 0.25) is 0 Å². The highest BCUT2D eigenvalue weighted by atomic mass is 35.5. The molecule has 25 heavy (non-hydrogen) atoms. The molecule has 1 aromatic carbocycles. The van der Waals surface area contributed by atoms with E-state index in [1.807, 2.05) is 18.2 Å². The summed E-state index contributed by atoms with van der Waals surface area (Å²) in [6.45, 7) is 4.71. The van der Waals surface area contributed by atoms with Crippen LogP contribution in [0.5, 0.6) is 11.5 Å². The van der Waals surface area contributed by atoms with Crippen molar-refractivity contribution in [2.45, 2.75) is 20.1 Å². The van der Waals surface area contributed by atoms with E-state index >= 15 is 0 Å². The van der Waals surface area contributed by atoms with Gasteiger partial charge in [0, 0.05) is 19.6 Å². The fourth-order valence-corrected chi connectivity index (χ4v) is 2.01. The summed E-state index contributed by atoms with van der Waals surface area (Å²) in [6.07, 6.45) is 0. The number of nitrogens with one attached hydrogen (secondary N) is 1. The Bertz CT molecular complexity index is 623. The summed E-state index contributed by atoms with van der Waals surface area (Å²) in [4.78, 5) is 6.25. The summed E-state index contributed by atoms with van der Waals surface area (Å²) in [7, 11) is 5.74. The Balaban J connectivity index is 0.00000288. The summed E-state index contributed by atoms with van der Waals surface area (Å²) < 4.78 is 16.1. The van der Waals surface area contributed by atoms with Gasteiger partial charge in [-0.25, -0.2) is 0 Å². The molecule has 0 atom stereocenters. The fourth-order valence-electron chi connectivity index (χ4n) is 2.01. The topological polar surface area (TPSA) is 72.7 Å². The van der Waals surface area contributed by atoms with Gasteiger partial charge in [0.25, 0.3) is 5.89 Å². The van der Waals surface area contributed by atoms with Gasteiger partial charge in [0.05, 0.1) is 7.11 Å². The van der Waals surface area contributed by atoms with Gasteiger partial charge in [0.1, 0.15) is 0 Å². The number of rotatable bonds is 9. The van der Waals surface area contributed by atoms with Gasteiger partial charge in [-0.2, -0.15) is 4.98 Å². The van der Waals surface area contributed by atoms with Gasteiger partial charge < -0.3 is 24.2 Å². The molecule has 2 rings (SSSR count). The van der Waals surface area contributed by atoms with Crippen molar-refractivity contribution in [3.63, 3.8) is 0 Å². The number of ether oxygens (including phenoxy) is 2. The van der Waals surface area contributed by atoms with Crippen molar-refractivity contribution in [2.24, 2.45) is 0 Å². The van der Waals surface area contributed by atoms with E-state index in [4.69, 9.17) is 14.0 Å². The minimum absolute atomic E-state index is 0. The maximum atomic E-state index is 5.69. The molecule has 0 bridgehead atoms. The normalized spacial score (nSPS) is 10.1. The third-order valence-electron chi connectivity index (χ3n) is 3.21. The average molecular weight is 393 g/mol. The van der Waals surface area contributed by atoms with Crippen LogP contribution in [0.2, 0.25) is 0 Å². The van der Waals surface area contributed by atoms with Crippen LogP contribution >= 0.6 is 24.8 Å². The second kappa shape index (κ2) is 11.9. The van der Waals surface area contributed by atoms with Crippen molar-refractivity contribution in [1.82, 2.24) is 20.4 Å². The second-order valence-corrected chi connectivity index (χ2v) is 5.49. The summed E-state index contributed by atoms with van der Waals surface area (Å²) in [5, 5.41) is 7.12. The molecule has 0 aliphatic rings. The maximum Gasteiger partial charge on any atom is 0.264 e. The summed E-state index contributed by atoms with van der Waals surface area (Å²) in [5.74, 6) is 2.38. The van der Waals surface area contributed by atoms with Gasteiger partial charge in [-0.1, -0.05) is 11.2 Å². The Morgan fingerprint density at radius 2 is 1.96 bits per heavy atom. The number of likely N-dealkylation sites (N-methyl/N-ethyl adjacent to an activating group) is 1. The van der Waals surface area contributed by atoms with Gasteiger partial charge in [-0.05, 0) is 38.7 Å². The molecule has 0 amide bonds. The summed E-state index contributed by atoms with van der Waals surface area (Å²) in [6, 6.07) is 5.88. The van der Waals surface area contributed by atoms with E-state index in [1.165, 1.54) is 0 Å². The quantitative estimate of drug-likeness (QED) is 0.656. The molecule has 1 heterocycles. The van der Waals surface area contributed by atoms with Crippen molar-refractivity contribution in [1.29, 1.82) is 0 Å². The van der Waals surface area contributed by atoms with Gasteiger partial charge in [-0.15, -0.1) is 24.8 Å². The van der Waals surface area contributed by atoms with Gasteiger partial charge in [0.15, 0.2) is 23.9 Å². The zero-order chi connectivity index (χ0) is 16.7. The van der Waals surface area contributed by atoms with Crippen molar-refractivity contribution in [2.75, 3.05) is 34.3 Å². The lowest BCUT2D eigenvalue weighted by molar-refractivity contribution is 0.233. The molecule has 142 valence electrons. The van der Waals surface area contributed by atoms with Crippen LogP contribution in [0.25, 0.3) is 0 Å². The fraction of sp³-hybridized carbons (Fsp3) is 0.500. The molecule has 0 fully saturated rings. The minimum Gasteiger partial charge on any atom is -0.493 e. The van der Waals surface area contributed by atoms with Crippen LogP contribution in [0.15, 0.2) is 22.7 Å². The van der Waals surface area contributed by atoms with E-state index in [1.54, 1.807) is 14.0 Å². The number of hydrogen-bond donors (Lipinski definition) is 1. The Hall–Kier alpha value is -1.54. The third-order valence-corrected chi connectivity index (χ3v) is 3.21. The predicted octanol–water partition coefficient (Wildman–Crippen LogP) is 2.46. The van der Waals surface area contributed by atoms with Crippen LogP contribution in [0.4, 0.5) is 0 Å². The molecule has 0 aliphatic carbocycles. The zero-order valence-electron chi connectivity index (χ0n) is 14.9. The first kappa shape index (κ1) is 23.5. The smallest absolute Gasteiger partial charge is 0.264 e. The van der Waals surface area contributed by atoms with Crippen molar-refractivity contribution in [3.05, 3.63) is 35.5 Å². The van der Waals surface area contributed by atoms with Crippen molar-refractivity contribution < 1.29 is 14.0 Å². The molecule has 0 unspecified atom stereocenters. The van der Waals surface area contributed by atoms with Crippen LogP contribution in [0.3, 0.4) is 0 Å². The Labute approximate surface area is 160 Å². The molecular formula is C16H26Cl2N4O3. The number of aromatic nitrogens is 2. The standard InChI is InChI=1S/C16H24N4O3.2ClH/c1-12-18-16(23-19-12)11-22-14-6-5-13(9-15(14)21-4)10-17-7-8-20(2)3;;/h5-6,9,17H,7-8,10-11H2,1-4H3;2*1H. The molecule has 2 aromatic rings. The highest BCUT2D eigenvalue weighted by molar-refractivity contribution is 5.85. The van der Waals surface area contributed by atoms with Gasteiger partial charge >= 0.3 is 0 Å². The molecule has 0 aliphatic heterocycles. The van der Waals surface area contributed by atoms with E-state index < -0.39 is 0 Å². The molecule has 1 aromatic heterocycles. The monoisotopic (exact) mass is 392 g/mol. The molecule has 7 nitrogen and oxygen atoms in total. The first-order valence-electron chi connectivity index (χ1n) is 7.53. The Morgan fingerprint density at radius 1 is 1.20 bits per heavy atom. The first-order valence-corrected chi connectivity index (χ1v) is 7.53. The number of methoxy groups -OCH3 is 1. The van der Waals surface area contributed by atoms with Crippen LogP contribution in [-0.4, -0.2) is 49.3 Å². The van der Waals surface area contributed by atoms with Crippen LogP contribution < -0.4 is 14.8 Å². The highest BCUT2D eigenvalue weighted by Crippen LogP contribution is 2.28. The van der Waals surface area contributed by atoms with E-state index in [2.05, 4.69) is 34.5 Å². The number of aryl methyl sites for hydroxylation is 1. The Morgan fingerprint density at radius 3 is 2.56 bits per heavy atom. The highest BCUT2D eigenvalue weighted by Gasteiger charge is 2.09. The lowest BCUT2D eigenvalue weighted by atomic mass is 10.2.